The van der Waals surface area contributed by atoms with Crippen LogP contribution in [0, 0.1) is 17.5 Å². The van der Waals surface area contributed by atoms with Crippen LogP contribution in [0.5, 0.6) is 0 Å². The fourth-order valence-electron chi connectivity index (χ4n) is 2.23. The van der Waals surface area contributed by atoms with Crippen molar-refractivity contribution >= 4 is 39.0 Å². The van der Waals surface area contributed by atoms with Gasteiger partial charge in [0.15, 0.2) is 0 Å². The van der Waals surface area contributed by atoms with E-state index in [1.165, 1.54) is 12.1 Å². The van der Waals surface area contributed by atoms with Gasteiger partial charge in [0.25, 0.3) is 0 Å². The number of hydrogen-bond donors (Lipinski definition) is 2. The van der Waals surface area contributed by atoms with Crippen LogP contribution in [-0.2, 0) is 0 Å². The third-order valence-corrected chi connectivity index (χ3v) is 4.63. The van der Waals surface area contributed by atoms with Crippen molar-refractivity contribution in [2.45, 2.75) is 0 Å². The summed E-state index contributed by atoms with van der Waals surface area (Å²) in [4.78, 5) is 11.3. The lowest BCUT2D eigenvalue weighted by Gasteiger charge is -2.07. The molecule has 0 spiro atoms. The molecule has 0 radical (unpaired) electrons. The molecule has 0 aliphatic rings. The van der Waals surface area contributed by atoms with E-state index in [-0.39, 0.29) is 27.2 Å². The van der Waals surface area contributed by atoms with E-state index in [9.17, 15) is 23.1 Å². The zero-order chi connectivity index (χ0) is 16.0. The largest absolute Gasteiger partial charge is 0.477 e. The van der Waals surface area contributed by atoms with Crippen molar-refractivity contribution in [2.24, 2.45) is 0 Å². The summed E-state index contributed by atoms with van der Waals surface area (Å²) in [6.45, 7) is 0. The van der Waals surface area contributed by atoms with Gasteiger partial charge in [0.1, 0.15) is 22.3 Å². The first-order chi connectivity index (χ1) is 10.4. The van der Waals surface area contributed by atoms with E-state index in [4.69, 9.17) is 11.6 Å². The number of carbonyl (C=O) groups is 1. The lowest BCUT2D eigenvalue weighted by molar-refractivity contribution is 0.0703. The second kappa shape index (κ2) is 6.19. The van der Waals surface area contributed by atoms with E-state index in [1.54, 1.807) is 0 Å². The number of aromatic carboxylic acids is 1. The van der Waals surface area contributed by atoms with Gasteiger partial charge in [0.05, 0.1) is 5.02 Å². The van der Waals surface area contributed by atoms with Crippen molar-refractivity contribution in [3.63, 3.8) is 0 Å². The summed E-state index contributed by atoms with van der Waals surface area (Å²) in [5, 5.41) is 9.30. The minimum absolute atomic E-state index is 0. The molecule has 0 saturated heterocycles. The summed E-state index contributed by atoms with van der Waals surface area (Å²) in [5.74, 6) is -3.68. The molecule has 4 N–H and O–H groups in total. The average molecular weight is 360 g/mol. The molecule has 2 aromatic carbocycles. The molecular weight excluding hydrogens is 351 g/mol. The summed E-state index contributed by atoms with van der Waals surface area (Å²) in [6.07, 6.45) is 0. The van der Waals surface area contributed by atoms with Gasteiger partial charge in [-0.1, -0.05) is 11.6 Å². The first-order valence-corrected chi connectivity index (χ1v) is 7.18. The molecule has 0 unspecified atom stereocenters. The smallest absolute Gasteiger partial charge is 0.346 e. The number of benzene rings is 2. The summed E-state index contributed by atoms with van der Waals surface area (Å²) in [6, 6.07) is 5.25. The normalized spacial score (nSPS) is 10.6. The molecule has 3 rings (SSSR count). The van der Waals surface area contributed by atoms with Gasteiger partial charge in [-0.25, -0.2) is 18.0 Å². The van der Waals surface area contributed by atoms with Crippen molar-refractivity contribution in [3.05, 3.63) is 57.7 Å². The van der Waals surface area contributed by atoms with Crippen molar-refractivity contribution in [2.75, 3.05) is 0 Å². The van der Waals surface area contributed by atoms with E-state index in [0.717, 1.165) is 23.5 Å². The predicted molar refractivity (Wildman–Crippen MR) is 84.1 cm³/mol. The van der Waals surface area contributed by atoms with Gasteiger partial charge >= 0.3 is 5.97 Å². The molecule has 0 saturated carbocycles. The Hall–Kier alpha value is -2.09. The molecule has 23 heavy (non-hydrogen) atoms. The second-order valence-corrected chi connectivity index (χ2v) is 5.93. The van der Waals surface area contributed by atoms with E-state index in [0.29, 0.717) is 16.2 Å². The lowest BCUT2D eigenvalue weighted by atomic mass is 10.0. The zero-order valence-corrected chi connectivity index (χ0v) is 12.9. The van der Waals surface area contributed by atoms with E-state index < -0.39 is 23.4 Å². The quantitative estimate of drug-likeness (QED) is 0.593. The fraction of sp³-hybridized carbons (Fsp3) is 0. The lowest BCUT2D eigenvalue weighted by Crippen LogP contribution is -1.96. The van der Waals surface area contributed by atoms with E-state index in [2.05, 4.69) is 0 Å². The van der Waals surface area contributed by atoms with Crippen LogP contribution in [0.25, 0.3) is 21.2 Å². The number of halogens is 4. The highest BCUT2D eigenvalue weighted by molar-refractivity contribution is 7.21. The standard InChI is InChI=1S/C15H6ClF3O2S.H3N/c16-13-9(3-7(18)4-10(13)19)12-8-2-1-6(17)5-11(8)22-14(12)15(20)21;/h1-5H,(H,20,21);1H3. The third kappa shape index (κ3) is 2.90. The van der Waals surface area contributed by atoms with Crippen molar-refractivity contribution in [1.29, 1.82) is 0 Å². The molecule has 8 heteroatoms. The summed E-state index contributed by atoms with van der Waals surface area (Å²) < 4.78 is 40.8. The van der Waals surface area contributed by atoms with Crippen LogP contribution in [-0.4, -0.2) is 11.1 Å². The van der Waals surface area contributed by atoms with Gasteiger partial charge in [-0.05, 0) is 24.3 Å². The molecule has 0 amide bonds. The molecule has 0 aliphatic heterocycles. The SMILES string of the molecule is N.O=C(O)c1sc2cc(F)ccc2c1-c1cc(F)cc(F)c1Cl. The molecule has 1 aromatic heterocycles. The first kappa shape index (κ1) is 17.3. The predicted octanol–water partition coefficient (Wildman–Crippen LogP) is 5.50. The monoisotopic (exact) mass is 359 g/mol. The maximum Gasteiger partial charge on any atom is 0.346 e. The second-order valence-electron chi connectivity index (χ2n) is 4.50. The van der Waals surface area contributed by atoms with Crippen molar-refractivity contribution in [1.82, 2.24) is 6.15 Å². The molecule has 3 nitrogen and oxygen atoms in total. The van der Waals surface area contributed by atoms with Gasteiger partial charge in [0.2, 0.25) is 0 Å². The molecule has 0 bridgehead atoms. The highest BCUT2D eigenvalue weighted by Crippen LogP contribution is 2.42. The van der Waals surface area contributed by atoms with E-state index in [1.807, 2.05) is 0 Å². The fourth-order valence-corrected chi connectivity index (χ4v) is 3.51. The van der Waals surface area contributed by atoms with Gasteiger partial charge in [-0.3, -0.25) is 0 Å². The van der Waals surface area contributed by atoms with Crippen LogP contribution in [0.3, 0.4) is 0 Å². The number of fused-ring (bicyclic) bond motifs is 1. The summed E-state index contributed by atoms with van der Waals surface area (Å²) >= 11 is 6.68. The molecule has 0 atom stereocenters. The molecule has 0 fully saturated rings. The molecule has 120 valence electrons. The number of thiophene rings is 1. The highest BCUT2D eigenvalue weighted by atomic mass is 35.5. The highest BCUT2D eigenvalue weighted by Gasteiger charge is 2.23. The Balaban J connectivity index is 0.00000192. The van der Waals surface area contributed by atoms with Crippen LogP contribution in [0.4, 0.5) is 13.2 Å². The van der Waals surface area contributed by atoms with Crippen LogP contribution in [0.2, 0.25) is 5.02 Å². The Labute approximate surface area is 137 Å². The van der Waals surface area contributed by atoms with E-state index >= 15 is 0 Å². The topological polar surface area (TPSA) is 72.3 Å². The summed E-state index contributed by atoms with van der Waals surface area (Å²) in [7, 11) is 0. The average Bonchev–Trinajstić information content (AvgIpc) is 2.81. The van der Waals surface area contributed by atoms with Gasteiger partial charge in [-0.2, -0.15) is 0 Å². The van der Waals surface area contributed by atoms with Crippen LogP contribution < -0.4 is 6.15 Å². The van der Waals surface area contributed by atoms with Crippen LogP contribution >= 0.6 is 22.9 Å². The zero-order valence-electron chi connectivity index (χ0n) is 11.4. The van der Waals surface area contributed by atoms with Crippen molar-refractivity contribution < 1.29 is 23.1 Å². The minimum Gasteiger partial charge on any atom is -0.477 e. The van der Waals surface area contributed by atoms with Gasteiger partial charge in [-0.15, -0.1) is 11.3 Å². The Morgan fingerprint density at radius 3 is 2.43 bits per heavy atom. The van der Waals surface area contributed by atoms with Gasteiger partial charge in [0, 0.05) is 27.3 Å². The number of carboxylic acids is 1. The number of hydrogen-bond acceptors (Lipinski definition) is 3. The molecule has 0 aliphatic carbocycles. The molecular formula is C15H9ClF3NO2S. The number of carboxylic acid groups (broad SMARTS) is 1. The van der Waals surface area contributed by atoms with Crippen LogP contribution in [0.15, 0.2) is 30.3 Å². The Morgan fingerprint density at radius 1 is 1.09 bits per heavy atom. The maximum atomic E-state index is 13.7. The summed E-state index contributed by atoms with van der Waals surface area (Å²) in [5.41, 5.74) is 0.00493. The molecule has 1 heterocycles. The Bertz CT molecular complexity index is 927. The number of rotatable bonds is 2. The van der Waals surface area contributed by atoms with Crippen LogP contribution in [0.1, 0.15) is 9.67 Å². The Kier molecular flexibility index (Phi) is 4.65. The molecule has 3 aromatic rings. The Morgan fingerprint density at radius 2 is 1.78 bits per heavy atom. The van der Waals surface area contributed by atoms with Crippen molar-refractivity contribution in [3.8, 4) is 11.1 Å². The van der Waals surface area contributed by atoms with Gasteiger partial charge < -0.3 is 11.3 Å². The first-order valence-electron chi connectivity index (χ1n) is 5.98. The maximum absolute atomic E-state index is 13.7. The minimum atomic E-state index is -1.28. The third-order valence-electron chi connectivity index (χ3n) is 3.11.